The van der Waals surface area contributed by atoms with Gasteiger partial charge in [-0.1, -0.05) is 17.7 Å². The van der Waals surface area contributed by atoms with Crippen molar-refractivity contribution >= 4 is 5.97 Å². The third-order valence-electron chi connectivity index (χ3n) is 2.72. The molecular formula is C14H21NO2. The van der Waals surface area contributed by atoms with E-state index in [0.29, 0.717) is 13.2 Å². The van der Waals surface area contributed by atoms with Crippen LogP contribution in [0.3, 0.4) is 0 Å². The lowest BCUT2D eigenvalue weighted by molar-refractivity contribution is -0.142. The summed E-state index contributed by atoms with van der Waals surface area (Å²) in [6, 6.07) is 4.32. The molecule has 0 aliphatic heterocycles. The number of hydrogen-bond donors (Lipinski definition) is 1. The smallest absolute Gasteiger partial charge is 0.319 e. The quantitative estimate of drug-likeness (QED) is 0.796. The number of rotatable bonds is 5. The van der Waals surface area contributed by atoms with Crippen molar-refractivity contribution in [1.82, 2.24) is 5.32 Å². The van der Waals surface area contributed by atoms with Gasteiger partial charge in [0.1, 0.15) is 0 Å². The lowest BCUT2D eigenvalue weighted by atomic mass is 10.00. The number of hydrogen-bond acceptors (Lipinski definition) is 3. The molecule has 0 radical (unpaired) electrons. The molecule has 0 fully saturated rings. The SMILES string of the molecule is CCOC(=O)CNCc1c(C)cc(C)cc1C. The monoisotopic (exact) mass is 235 g/mol. The second-order valence-corrected chi connectivity index (χ2v) is 4.29. The molecule has 17 heavy (non-hydrogen) atoms. The van der Waals surface area contributed by atoms with E-state index in [1.165, 1.54) is 22.3 Å². The largest absolute Gasteiger partial charge is 0.465 e. The summed E-state index contributed by atoms with van der Waals surface area (Å²) in [5, 5.41) is 3.11. The van der Waals surface area contributed by atoms with Crippen molar-refractivity contribution in [1.29, 1.82) is 0 Å². The molecule has 1 aromatic carbocycles. The first-order chi connectivity index (χ1) is 8.04. The van der Waals surface area contributed by atoms with E-state index < -0.39 is 0 Å². The highest BCUT2D eigenvalue weighted by Gasteiger charge is 2.05. The predicted octanol–water partition coefficient (Wildman–Crippen LogP) is 2.26. The summed E-state index contributed by atoms with van der Waals surface area (Å²) in [5.41, 5.74) is 5.06. The Bertz CT molecular complexity index is 376. The first kappa shape index (κ1) is 13.7. The predicted molar refractivity (Wildman–Crippen MR) is 69.0 cm³/mol. The Balaban J connectivity index is 2.55. The molecular weight excluding hydrogens is 214 g/mol. The Labute approximate surface area is 103 Å². The van der Waals surface area contributed by atoms with E-state index in [4.69, 9.17) is 4.74 Å². The minimum atomic E-state index is -0.199. The molecule has 0 atom stereocenters. The van der Waals surface area contributed by atoms with Crippen LogP contribution in [0.15, 0.2) is 12.1 Å². The normalized spacial score (nSPS) is 10.4. The van der Waals surface area contributed by atoms with Crippen molar-refractivity contribution in [3.63, 3.8) is 0 Å². The van der Waals surface area contributed by atoms with Crippen molar-refractivity contribution in [3.05, 3.63) is 34.4 Å². The summed E-state index contributed by atoms with van der Waals surface area (Å²) in [6.07, 6.45) is 0. The average Bonchev–Trinajstić information content (AvgIpc) is 2.22. The summed E-state index contributed by atoms with van der Waals surface area (Å²) in [5.74, 6) is -0.199. The lowest BCUT2D eigenvalue weighted by Gasteiger charge is -2.12. The van der Waals surface area contributed by atoms with Crippen LogP contribution < -0.4 is 5.32 Å². The molecule has 0 bridgehead atoms. The van der Waals surface area contributed by atoms with Crippen molar-refractivity contribution in [2.24, 2.45) is 0 Å². The molecule has 0 aliphatic rings. The van der Waals surface area contributed by atoms with Gasteiger partial charge in [-0.15, -0.1) is 0 Å². The number of carbonyl (C=O) groups excluding carboxylic acids is 1. The maximum absolute atomic E-state index is 11.2. The highest BCUT2D eigenvalue weighted by Crippen LogP contribution is 2.15. The third-order valence-corrected chi connectivity index (χ3v) is 2.72. The van der Waals surface area contributed by atoms with Crippen molar-refractivity contribution in [3.8, 4) is 0 Å². The van der Waals surface area contributed by atoms with E-state index in [1.54, 1.807) is 0 Å². The second kappa shape index (κ2) is 6.40. The number of benzene rings is 1. The number of nitrogens with one attached hydrogen (secondary N) is 1. The fraction of sp³-hybridized carbons (Fsp3) is 0.500. The highest BCUT2D eigenvalue weighted by atomic mass is 16.5. The Morgan fingerprint density at radius 1 is 1.24 bits per heavy atom. The van der Waals surface area contributed by atoms with Gasteiger partial charge in [-0.3, -0.25) is 4.79 Å². The van der Waals surface area contributed by atoms with Gasteiger partial charge in [-0.25, -0.2) is 0 Å². The molecule has 0 aromatic heterocycles. The molecule has 0 saturated heterocycles. The van der Waals surface area contributed by atoms with Crippen molar-refractivity contribution < 1.29 is 9.53 Å². The maximum atomic E-state index is 11.2. The molecule has 0 amide bonds. The number of carbonyl (C=O) groups is 1. The summed E-state index contributed by atoms with van der Waals surface area (Å²) in [4.78, 5) is 11.2. The standard InChI is InChI=1S/C14H21NO2/c1-5-17-14(16)9-15-8-13-11(3)6-10(2)7-12(13)4/h6-7,15H,5,8-9H2,1-4H3. The van der Waals surface area contributed by atoms with E-state index >= 15 is 0 Å². The zero-order valence-corrected chi connectivity index (χ0v) is 11.1. The van der Waals surface area contributed by atoms with Crippen LogP contribution in [0.2, 0.25) is 0 Å². The van der Waals surface area contributed by atoms with Crippen LogP contribution in [-0.4, -0.2) is 19.1 Å². The Kier molecular flexibility index (Phi) is 5.16. The first-order valence-electron chi connectivity index (χ1n) is 5.97. The molecule has 1 N–H and O–H groups in total. The van der Waals surface area contributed by atoms with Crippen LogP contribution in [-0.2, 0) is 16.1 Å². The fourth-order valence-corrected chi connectivity index (χ4v) is 1.99. The van der Waals surface area contributed by atoms with Gasteiger partial charge in [-0.2, -0.15) is 0 Å². The Hall–Kier alpha value is -1.35. The molecule has 0 unspecified atom stereocenters. The Morgan fingerprint density at radius 3 is 2.35 bits per heavy atom. The van der Waals surface area contributed by atoms with Gasteiger partial charge in [0.15, 0.2) is 0 Å². The van der Waals surface area contributed by atoms with Gasteiger partial charge < -0.3 is 10.1 Å². The van der Waals surface area contributed by atoms with E-state index in [2.05, 4.69) is 38.2 Å². The van der Waals surface area contributed by atoms with Gasteiger partial charge in [0.05, 0.1) is 13.2 Å². The lowest BCUT2D eigenvalue weighted by Crippen LogP contribution is -2.25. The topological polar surface area (TPSA) is 38.3 Å². The molecule has 1 aromatic rings. The van der Waals surface area contributed by atoms with Gasteiger partial charge in [0, 0.05) is 6.54 Å². The molecule has 94 valence electrons. The Morgan fingerprint density at radius 2 is 1.82 bits per heavy atom. The van der Waals surface area contributed by atoms with Crippen LogP contribution in [0.1, 0.15) is 29.2 Å². The number of esters is 1. The molecule has 0 heterocycles. The van der Waals surface area contributed by atoms with Crippen LogP contribution in [0.5, 0.6) is 0 Å². The molecule has 3 heteroatoms. The first-order valence-corrected chi connectivity index (χ1v) is 5.97. The van der Waals surface area contributed by atoms with Crippen LogP contribution in [0.25, 0.3) is 0 Å². The molecule has 0 aliphatic carbocycles. The molecule has 0 spiro atoms. The molecule has 3 nitrogen and oxygen atoms in total. The van der Waals surface area contributed by atoms with Gasteiger partial charge in [-0.05, 0) is 44.4 Å². The highest BCUT2D eigenvalue weighted by molar-refractivity contribution is 5.71. The van der Waals surface area contributed by atoms with Gasteiger partial charge >= 0.3 is 5.97 Å². The zero-order valence-electron chi connectivity index (χ0n) is 11.1. The fourth-order valence-electron chi connectivity index (χ4n) is 1.99. The van der Waals surface area contributed by atoms with Gasteiger partial charge in [0.25, 0.3) is 0 Å². The van der Waals surface area contributed by atoms with Gasteiger partial charge in [0.2, 0.25) is 0 Å². The van der Waals surface area contributed by atoms with Crippen molar-refractivity contribution in [2.75, 3.05) is 13.2 Å². The van der Waals surface area contributed by atoms with Crippen LogP contribution in [0.4, 0.5) is 0 Å². The van der Waals surface area contributed by atoms with E-state index in [9.17, 15) is 4.79 Å². The summed E-state index contributed by atoms with van der Waals surface area (Å²) < 4.78 is 4.86. The van der Waals surface area contributed by atoms with E-state index in [0.717, 1.165) is 0 Å². The number of aryl methyl sites for hydroxylation is 3. The summed E-state index contributed by atoms with van der Waals surface area (Å²) in [7, 11) is 0. The summed E-state index contributed by atoms with van der Waals surface area (Å²) in [6.45, 7) is 9.51. The van der Waals surface area contributed by atoms with Crippen molar-refractivity contribution in [2.45, 2.75) is 34.2 Å². The summed E-state index contributed by atoms with van der Waals surface area (Å²) >= 11 is 0. The number of ether oxygens (including phenoxy) is 1. The van der Waals surface area contributed by atoms with Crippen LogP contribution in [0, 0.1) is 20.8 Å². The molecule has 0 saturated carbocycles. The molecule has 1 rings (SSSR count). The third kappa shape index (κ3) is 4.19. The average molecular weight is 235 g/mol. The van der Waals surface area contributed by atoms with E-state index in [1.807, 2.05) is 6.92 Å². The van der Waals surface area contributed by atoms with E-state index in [-0.39, 0.29) is 12.5 Å². The second-order valence-electron chi connectivity index (χ2n) is 4.29. The maximum Gasteiger partial charge on any atom is 0.319 e. The van der Waals surface area contributed by atoms with Crippen LogP contribution >= 0.6 is 0 Å². The minimum Gasteiger partial charge on any atom is -0.465 e. The minimum absolute atomic E-state index is 0.199. The zero-order chi connectivity index (χ0) is 12.8.